The van der Waals surface area contributed by atoms with Crippen molar-refractivity contribution in [3.05, 3.63) is 35.1 Å². The van der Waals surface area contributed by atoms with Crippen LogP contribution in [0.25, 0.3) is 0 Å². The average molecular weight is 321 g/mol. The first kappa shape index (κ1) is 15.2. The van der Waals surface area contributed by atoms with Crippen LogP contribution in [0.5, 0.6) is 0 Å². The Labute approximate surface area is 128 Å². The lowest BCUT2D eigenvalue weighted by molar-refractivity contribution is 0.0893. The van der Waals surface area contributed by atoms with Gasteiger partial charge in [0, 0.05) is 11.5 Å². The number of benzene rings is 1. The smallest absolute Gasteiger partial charge is 0.167 e. The molecule has 0 aromatic heterocycles. The third kappa shape index (κ3) is 2.44. The molecule has 2 saturated heterocycles. The van der Waals surface area contributed by atoms with Crippen LogP contribution in [-0.2, 0) is 9.84 Å². The summed E-state index contributed by atoms with van der Waals surface area (Å²) in [5.41, 5.74) is 0.217. The highest BCUT2D eigenvalue weighted by Gasteiger charge is 2.46. The zero-order valence-corrected chi connectivity index (χ0v) is 12.8. The highest BCUT2D eigenvalue weighted by Crippen LogP contribution is 2.40. The van der Waals surface area contributed by atoms with E-state index in [0.717, 1.165) is 18.6 Å². The molecule has 0 radical (unpaired) electrons. The lowest BCUT2D eigenvalue weighted by atomic mass is 9.83. The van der Waals surface area contributed by atoms with Crippen molar-refractivity contribution >= 4 is 15.6 Å². The van der Waals surface area contributed by atoms with Gasteiger partial charge in [0.25, 0.3) is 0 Å². The number of carbonyl (C=O) groups excluding carboxylic acids is 1. The molecule has 2 fully saturated rings. The predicted molar refractivity (Wildman–Crippen MR) is 78.5 cm³/mol. The molecule has 2 bridgehead atoms. The van der Waals surface area contributed by atoms with Crippen molar-refractivity contribution in [2.24, 2.45) is 5.92 Å². The van der Waals surface area contributed by atoms with Gasteiger partial charge in [-0.15, -0.1) is 0 Å². The number of carbonyl (C=O) groups is 1. The summed E-state index contributed by atoms with van der Waals surface area (Å²) in [5.74, 6) is -1.18. The van der Waals surface area contributed by atoms with Crippen LogP contribution in [0.15, 0.2) is 18.2 Å². The van der Waals surface area contributed by atoms with Crippen LogP contribution in [0.4, 0.5) is 4.39 Å². The minimum atomic E-state index is -3.11. The first-order chi connectivity index (χ1) is 10.4. The Morgan fingerprint density at radius 3 is 2.45 bits per heavy atom. The summed E-state index contributed by atoms with van der Waals surface area (Å²) >= 11 is 0. The van der Waals surface area contributed by atoms with Crippen LogP contribution in [0.2, 0.25) is 0 Å². The quantitative estimate of drug-likeness (QED) is 0.785. The Balaban J connectivity index is 1.90. The van der Waals surface area contributed by atoms with Crippen molar-refractivity contribution < 1.29 is 17.6 Å². The highest BCUT2D eigenvalue weighted by molar-refractivity contribution is 7.92. The lowest BCUT2D eigenvalue weighted by Gasteiger charge is -2.38. The Hall–Kier alpha value is -1.74. The van der Waals surface area contributed by atoms with Gasteiger partial charge in [-0.05, 0) is 43.9 Å². The molecule has 1 aromatic rings. The Bertz CT molecular complexity index is 746. The second-order valence-electron chi connectivity index (χ2n) is 6.10. The molecule has 2 atom stereocenters. The average Bonchev–Trinajstić information content (AvgIpc) is 2.45. The standard InChI is InChI=1S/C16H16FNO3S/c17-12-4-5-15(11(6-12)9-18)16(19)10-7-13-2-1-3-14(8-10)22(13,20)21/h4-6,10,13-14H,1-3,7-8H2. The van der Waals surface area contributed by atoms with Crippen molar-refractivity contribution in [3.8, 4) is 6.07 Å². The minimum Gasteiger partial charge on any atom is -0.294 e. The van der Waals surface area contributed by atoms with Crippen LogP contribution in [-0.4, -0.2) is 24.7 Å². The van der Waals surface area contributed by atoms with E-state index < -0.39 is 32.1 Å². The molecule has 0 saturated carbocycles. The van der Waals surface area contributed by atoms with Crippen molar-refractivity contribution in [2.45, 2.75) is 42.6 Å². The summed E-state index contributed by atoms with van der Waals surface area (Å²) in [6, 6.07) is 5.38. The van der Waals surface area contributed by atoms with E-state index in [1.165, 1.54) is 6.07 Å². The van der Waals surface area contributed by atoms with Crippen molar-refractivity contribution in [3.63, 3.8) is 0 Å². The summed E-state index contributed by atoms with van der Waals surface area (Å²) in [6.07, 6.45) is 2.74. The second-order valence-corrected chi connectivity index (χ2v) is 8.61. The lowest BCUT2D eigenvalue weighted by Crippen LogP contribution is -2.45. The van der Waals surface area contributed by atoms with Gasteiger partial charge < -0.3 is 0 Å². The van der Waals surface area contributed by atoms with Crippen LogP contribution in [0.1, 0.15) is 48.0 Å². The molecule has 0 amide bonds. The molecule has 116 valence electrons. The van der Waals surface area contributed by atoms with Gasteiger partial charge in [-0.2, -0.15) is 5.26 Å². The first-order valence-electron chi connectivity index (χ1n) is 7.40. The van der Waals surface area contributed by atoms with Gasteiger partial charge in [-0.3, -0.25) is 4.79 Å². The van der Waals surface area contributed by atoms with E-state index in [0.29, 0.717) is 25.7 Å². The molecular formula is C16H16FNO3S. The fourth-order valence-corrected chi connectivity index (χ4v) is 6.20. The van der Waals surface area contributed by atoms with Gasteiger partial charge in [0.1, 0.15) is 5.82 Å². The van der Waals surface area contributed by atoms with Crippen molar-refractivity contribution in [1.82, 2.24) is 0 Å². The molecule has 0 N–H and O–H groups in total. The summed E-state index contributed by atoms with van der Waals surface area (Å²) in [4.78, 5) is 12.7. The Morgan fingerprint density at radius 1 is 1.23 bits per heavy atom. The van der Waals surface area contributed by atoms with Crippen LogP contribution in [0, 0.1) is 23.1 Å². The second kappa shape index (κ2) is 5.47. The number of nitriles is 1. The van der Waals surface area contributed by atoms with Crippen LogP contribution < -0.4 is 0 Å². The van der Waals surface area contributed by atoms with Gasteiger partial charge >= 0.3 is 0 Å². The Kier molecular flexibility index (Phi) is 3.77. The molecule has 1 aromatic carbocycles. The minimum absolute atomic E-state index is 0.0172. The monoisotopic (exact) mass is 321 g/mol. The molecule has 3 rings (SSSR count). The molecule has 2 aliphatic rings. The van der Waals surface area contributed by atoms with E-state index >= 15 is 0 Å². The predicted octanol–water partition coefficient (Wildman–Crippen LogP) is 2.63. The normalized spacial score (nSPS) is 29.5. The molecule has 0 aliphatic carbocycles. The van der Waals surface area contributed by atoms with E-state index in [1.807, 2.05) is 6.07 Å². The van der Waals surface area contributed by atoms with E-state index in [9.17, 15) is 17.6 Å². The zero-order valence-electron chi connectivity index (χ0n) is 12.0. The number of hydrogen-bond donors (Lipinski definition) is 0. The van der Waals surface area contributed by atoms with Gasteiger partial charge in [0.2, 0.25) is 0 Å². The Morgan fingerprint density at radius 2 is 1.86 bits per heavy atom. The third-order valence-corrected chi connectivity index (χ3v) is 7.53. The molecule has 2 aliphatic heterocycles. The van der Waals surface area contributed by atoms with Crippen molar-refractivity contribution in [2.75, 3.05) is 0 Å². The van der Waals surface area contributed by atoms with Gasteiger partial charge in [-0.1, -0.05) is 6.42 Å². The maximum atomic E-state index is 13.2. The van der Waals surface area contributed by atoms with Gasteiger partial charge in [0.15, 0.2) is 15.6 Å². The maximum absolute atomic E-state index is 13.2. The van der Waals surface area contributed by atoms with Gasteiger partial charge in [0.05, 0.1) is 22.1 Å². The molecule has 2 unspecified atom stereocenters. The zero-order chi connectivity index (χ0) is 15.9. The summed E-state index contributed by atoms with van der Waals surface area (Å²) < 4.78 is 37.7. The first-order valence-corrected chi connectivity index (χ1v) is 9.01. The number of Topliss-reactive ketones (excluding diaryl/α,β-unsaturated/α-hetero) is 1. The number of rotatable bonds is 2. The molecule has 2 heterocycles. The fourth-order valence-electron chi connectivity index (χ4n) is 3.67. The van der Waals surface area contributed by atoms with E-state index in [1.54, 1.807) is 0 Å². The summed E-state index contributed by atoms with van der Waals surface area (Å²) in [6.45, 7) is 0. The number of ketones is 1. The van der Waals surface area contributed by atoms with E-state index in [4.69, 9.17) is 5.26 Å². The molecule has 0 spiro atoms. The molecule has 22 heavy (non-hydrogen) atoms. The highest BCUT2D eigenvalue weighted by atomic mass is 32.2. The molecular weight excluding hydrogens is 305 g/mol. The van der Waals surface area contributed by atoms with Crippen LogP contribution in [0.3, 0.4) is 0 Å². The molecule has 6 heteroatoms. The van der Waals surface area contributed by atoms with Crippen molar-refractivity contribution in [1.29, 1.82) is 5.26 Å². The largest absolute Gasteiger partial charge is 0.294 e. The number of halogens is 1. The van der Waals surface area contributed by atoms with E-state index in [2.05, 4.69) is 0 Å². The fraction of sp³-hybridized carbons (Fsp3) is 0.500. The number of sulfone groups is 1. The number of nitrogens with zero attached hydrogens (tertiary/aromatic N) is 1. The summed E-state index contributed by atoms with van der Waals surface area (Å²) in [7, 11) is -3.11. The third-order valence-electron chi connectivity index (χ3n) is 4.81. The topological polar surface area (TPSA) is 75.0 Å². The van der Waals surface area contributed by atoms with Gasteiger partial charge in [-0.25, -0.2) is 12.8 Å². The maximum Gasteiger partial charge on any atom is 0.167 e. The molecule has 4 nitrogen and oxygen atoms in total. The number of hydrogen-bond acceptors (Lipinski definition) is 4. The van der Waals surface area contributed by atoms with Crippen LogP contribution >= 0.6 is 0 Å². The number of fused-ring (bicyclic) bond motifs is 2. The van der Waals surface area contributed by atoms with E-state index in [-0.39, 0.29) is 16.9 Å². The SMILES string of the molecule is N#Cc1cc(F)ccc1C(=O)C1CC2CCCC(C1)S2(=O)=O. The summed E-state index contributed by atoms with van der Waals surface area (Å²) in [5, 5.41) is 8.18.